The number of carbonyl (C=O) groups excluding carboxylic acids is 1. The van der Waals surface area contributed by atoms with E-state index in [1.54, 1.807) is 0 Å². The topological polar surface area (TPSA) is 52.2 Å². The molecule has 1 aromatic heterocycles. The van der Waals surface area contributed by atoms with Gasteiger partial charge in [0.1, 0.15) is 0 Å². The summed E-state index contributed by atoms with van der Waals surface area (Å²) >= 11 is 0. The van der Waals surface area contributed by atoms with Crippen molar-refractivity contribution >= 4 is 5.91 Å². The van der Waals surface area contributed by atoms with Crippen molar-refractivity contribution < 1.29 is 4.79 Å². The molecule has 2 atom stereocenters. The molecule has 2 aliphatic rings. The van der Waals surface area contributed by atoms with Gasteiger partial charge >= 0.3 is 0 Å². The Hall–Kier alpha value is -2.14. The number of amides is 1. The summed E-state index contributed by atoms with van der Waals surface area (Å²) in [6.45, 7) is 8.93. The third-order valence-corrected chi connectivity index (χ3v) is 5.76. The van der Waals surface area contributed by atoms with Gasteiger partial charge in [0.15, 0.2) is 0 Å². The first-order valence-electron chi connectivity index (χ1n) is 9.19. The van der Waals surface area contributed by atoms with Gasteiger partial charge in [-0.3, -0.25) is 14.8 Å². The third-order valence-electron chi connectivity index (χ3n) is 5.76. The van der Waals surface area contributed by atoms with Crippen molar-refractivity contribution in [3.63, 3.8) is 0 Å². The summed E-state index contributed by atoms with van der Waals surface area (Å²) in [6.07, 6.45) is 4.18. The maximum absolute atomic E-state index is 12.7. The van der Waals surface area contributed by atoms with Crippen LogP contribution < -0.4 is 0 Å². The number of hydrogen-bond donors (Lipinski definition) is 1. The van der Waals surface area contributed by atoms with Crippen molar-refractivity contribution in [2.45, 2.75) is 52.2 Å². The Balaban J connectivity index is 1.61. The number of benzene rings is 1. The van der Waals surface area contributed by atoms with E-state index in [2.05, 4.69) is 52.0 Å². The number of aryl methyl sites for hydroxylation is 2. The molecule has 0 bridgehead atoms. The van der Waals surface area contributed by atoms with Crippen molar-refractivity contribution in [3.8, 4) is 11.3 Å². The van der Waals surface area contributed by atoms with Crippen molar-refractivity contribution in [2.75, 3.05) is 13.1 Å². The maximum atomic E-state index is 12.7. The number of piperazine rings is 1. The van der Waals surface area contributed by atoms with Crippen LogP contribution in [0.15, 0.2) is 24.4 Å². The Kier molecular flexibility index (Phi) is 4.12. The highest BCUT2D eigenvalue weighted by molar-refractivity contribution is 5.83. The van der Waals surface area contributed by atoms with Crippen LogP contribution >= 0.6 is 0 Å². The highest BCUT2D eigenvalue weighted by Gasteiger charge is 2.40. The van der Waals surface area contributed by atoms with E-state index in [0.29, 0.717) is 6.04 Å². The monoisotopic (exact) mass is 338 g/mol. The van der Waals surface area contributed by atoms with Crippen LogP contribution in [0.3, 0.4) is 0 Å². The Labute approximate surface area is 149 Å². The predicted molar refractivity (Wildman–Crippen MR) is 98.1 cm³/mol. The normalized spacial score (nSPS) is 24.0. The molecule has 2 saturated heterocycles. The first kappa shape index (κ1) is 16.3. The molecule has 3 heterocycles. The number of aromatic nitrogens is 2. The Bertz CT molecular complexity index is 797. The average Bonchev–Trinajstić information content (AvgIpc) is 3.24. The fraction of sp³-hybridized carbons (Fsp3) is 0.500. The molecular formula is C20H26N4O. The molecule has 4 rings (SSSR count). The highest BCUT2D eigenvalue weighted by atomic mass is 16.2. The average molecular weight is 338 g/mol. The van der Waals surface area contributed by atoms with Crippen LogP contribution in [0.25, 0.3) is 11.3 Å². The van der Waals surface area contributed by atoms with Gasteiger partial charge in [-0.05, 0) is 45.2 Å². The quantitative estimate of drug-likeness (QED) is 0.936. The fourth-order valence-corrected chi connectivity index (χ4v) is 4.23. The molecule has 25 heavy (non-hydrogen) atoms. The van der Waals surface area contributed by atoms with E-state index in [-0.39, 0.29) is 11.9 Å². The van der Waals surface area contributed by atoms with Gasteiger partial charge < -0.3 is 4.90 Å². The summed E-state index contributed by atoms with van der Waals surface area (Å²) in [7, 11) is 0. The van der Waals surface area contributed by atoms with Crippen LogP contribution in [-0.2, 0) is 11.3 Å². The van der Waals surface area contributed by atoms with Crippen molar-refractivity contribution in [1.29, 1.82) is 0 Å². The highest BCUT2D eigenvalue weighted by Crippen LogP contribution is 2.30. The molecular weight excluding hydrogens is 312 g/mol. The second kappa shape index (κ2) is 6.30. The number of nitrogens with zero attached hydrogens (tertiary/aromatic N) is 3. The maximum Gasteiger partial charge on any atom is 0.239 e. The Morgan fingerprint density at radius 3 is 3.00 bits per heavy atom. The minimum absolute atomic E-state index is 0.0595. The minimum atomic E-state index is -0.0595. The lowest BCUT2D eigenvalue weighted by Crippen LogP contribution is -2.58. The molecule has 0 saturated carbocycles. The van der Waals surface area contributed by atoms with E-state index in [4.69, 9.17) is 0 Å². The molecule has 0 spiro atoms. The van der Waals surface area contributed by atoms with Gasteiger partial charge in [0, 0.05) is 36.8 Å². The molecule has 5 heteroatoms. The first-order valence-corrected chi connectivity index (χ1v) is 9.19. The van der Waals surface area contributed by atoms with Gasteiger partial charge in [-0.2, -0.15) is 5.10 Å². The minimum Gasteiger partial charge on any atom is -0.337 e. The smallest absolute Gasteiger partial charge is 0.239 e. The third kappa shape index (κ3) is 2.86. The molecule has 132 valence electrons. The standard InChI is InChI=1S/C20H26N4O/c1-13-6-7-14(2)18(9-13)19-16(10-21-22-19)11-23-12-17-5-4-8-24(17)20(25)15(23)3/h6-7,9-10,15,17H,4-5,8,11-12H2,1-3H3,(H,21,22). The molecule has 2 unspecified atom stereocenters. The molecule has 1 amide bonds. The second-order valence-corrected chi connectivity index (χ2v) is 7.52. The molecule has 2 aromatic rings. The zero-order chi connectivity index (χ0) is 17.6. The van der Waals surface area contributed by atoms with E-state index < -0.39 is 0 Å². The van der Waals surface area contributed by atoms with Crippen LogP contribution in [0.4, 0.5) is 0 Å². The van der Waals surface area contributed by atoms with Gasteiger partial charge in [0.2, 0.25) is 5.91 Å². The van der Waals surface area contributed by atoms with Crippen molar-refractivity contribution in [3.05, 3.63) is 41.1 Å². The molecule has 0 aliphatic carbocycles. The molecule has 2 fully saturated rings. The number of nitrogens with one attached hydrogen (secondary N) is 1. The van der Waals surface area contributed by atoms with Crippen molar-refractivity contribution in [1.82, 2.24) is 20.0 Å². The van der Waals surface area contributed by atoms with E-state index in [1.807, 2.05) is 13.1 Å². The largest absolute Gasteiger partial charge is 0.337 e. The molecule has 1 aromatic carbocycles. The Morgan fingerprint density at radius 1 is 1.32 bits per heavy atom. The SMILES string of the molecule is Cc1ccc(C)c(-c2[nH]ncc2CN2CC3CCCN3C(=O)C2C)c1. The summed E-state index contributed by atoms with van der Waals surface area (Å²) in [5.41, 5.74) is 5.92. The summed E-state index contributed by atoms with van der Waals surface area (Å²) in [4.78, 5) is 17.1. The van der Waals surface area contributed by atoms with E-state index >= 15 is 0 Å². The predicted octanol–water partition coefficient (Wildman–Crippen LogP) is 2.89. The van der Waals surface area contributed by atoms with E-state index in [1.165, 1.54) is 22.3 Å². The lowest BCUT2D eigenvalue weighted by molar-refractivity contribution is -0.143. The number of H-pyrrole nitrogens is 1. The lowest BCUT2D eigenvalue weighted by Gasteiger charge is -2.41. The zero-order valence-electron chi connectivity index (χ0n) is 15.2. The van der Waals surface area contributed by atoms with Gasteiger partial charge in [-0.15, -0.1) is 0 Å². The molecule has 2 aliphatic heterocycles. The number of carbonyl (C=O) groups is 1. The van der Waals surface area contributed by atoms with Gasteiger partial charge in [-0.1, -0.05) is 17.7 Å². The van der Waals surface area contributed by atoms with E-state index in [9.17, 15) is 4.79 Å². The van der Waals surface area contributed by atoms with Crippen LogP contribution in [0.5, 0.6) is 0 Å². The molecule has 0 radical (unpaired) electrons. The summed E-state index contributed by atoms with van der Waals surface area (Å²) in [5, 5.41) is 7.48. The van der Waals surface area contributed by atoms with Gasteiger partial charge in [0.25, 0.3) is 0 Å². The number of hydrogen-bond acceptors (Lipinski definition) is 3. The number of rotatable bonds is 3. The molecule has 5 nitrogen and oxygen atoms in total. The van der Waals surface area contributed by atoms with Crippen LogP contribution in [-0.4, -0.2) is 51.1 Å². The molecule has 1 N–H and O–H groups in total. The van der Waals surface area contributed by atoms with Gasteiger partial charge in [-0.25, -0.2) is 0 Å². The zero-order valence-corrected chi connectivity index (χ0v) is 15.2. The van der Waals surface area contributed by atoms with Gasteiger partial charge in [0.05, 0.1) is 17.9 Å². The number of fused-ring (bicyclic) bond motifs is 1. The van der Waals surface area contributed by atoms with Crippen LogP contribution in [0.2, 0.25) is 0 Å². The lowest BCUT2D eigenvalue weighted by atomic mass is 9.99. The van der Waals surface area contributed by atoms with E-state index in [0.717, 1.165) is 38.2 Å². The first-order chi connectivity index (χ1) is 12.0. The van der Waals surface area contributed by atoms with Crippen LogP contribution in [0, 0.1) is 13.8 Å². The number of aromatic amines is 1. The van der Waals surface area contributed by atoms with Crippen molar-refractivity contribution in [2.24, 2.45) is 0 Å². The summed E-state index contributed by atoms with van der Waals surface area (Å²) < 4.78 is 0. The summed E-state index contributed by atoms with van der Waals surface area (Å²) in [6, 6.07) is 6.82. The van der Waals surface area contributed by atoms with Crippen LogP contribution in [0.1, 0.15) is 36.5 Å². The second-order valence-electron chi connectivity index (χ2n) is 7.52. The summed E-state index contributed by atoms with van der Waals surface area (Å²) in [5.74, 6) is 0.283. The fourth-order valence-electron chi connectivity index (χ4n) is 4.23. The Morgan fingerprint density at radius 2 is 2.16 bits per heavy atom.